The van der Waals surface area contributed by atoms with E-state index in [1.807, 2.05) is 0 Å². The largest absolute Gasteiger partial charge is 0.238 e. The van der Waals surface area contributed by atoms with Crippen LogP contribution >= 0.6 is 0 Å². The van der Waals surface area contributed by atoms with Crippen LogP contribution in [0.25, 0.3) is 10.4 Å². The van der Waals surface area contributed by atoms with Crippen LogP contribution in [-0.2, 0) is 10.0 Å². The number of benzene rings is 1. The van der Waals surface area contributed by atoms with Crippen LogP contribution in [0.1, 0.15) is 12.0 Å². The van der Waals surface area contributed by atoms with Gasteiger partial charge in [-0.05, 0) is 23.7 Å². The predicted molar refractivity (Wildman–Crippen MR) is 63.3 cm³/mol. The van der Waals surface area contributed by atoms with Crippen molar-refractivity contribution in [3.05, 3.63) is 40.0 Å². The van der Waals surface area contributed by atoms with Crippen LogP contribution in [0.3, 0.4) is 0 Å². The third-order valence-electron chi connectivity index (χ3n) is 1.89. The van der Waals surface area contributed by atoms with Crippen molar-refractivity contribution in [2.75, 3.05) is 6.54 Å². The molecule has 0 heterocycles. The minimum atomic E-state index is -3.92. The molecule has 6 nitrogen and oxygen atoms in total. The summed E-state index contributed by atoms with van der Waals surface area (Å²) in [4.78, 5) is 2.23. The van der Waals surface area contributed by atoms with Crippen LogP contribution in [-0.4, -0.2) is 15.0 Å². The zero-order valence-corrected chi connectivity index (χ0v) is 9.98. The number of rotatable bonds is 3. The molecular formula is C10H9FN4O2S. The first kappa shape index (κ1) is 14.0. The van der Waals surface area contributed by atoms with Crippen molar-refractivity contribution in [1.29, 1.82) is 0 Å². The highest BCUT2D eigenvalue weighted by atomic mass is 32.2. The molecule has 0 aliphatic carbocycles. The van der Waals surface area contributed by atoms with Gasteiger partial charge in [-0.25, -0.2) is 17.9 Å². The predicted octanol–water partition coefficient (Wildman–Crippen LogP) is 1.53. The monoisotopic (exact) mass is 268 g/mol. The van der Waals surface area contributed by atoms with Gasteiger partial charge >= 0.3 is 0 Å². The number of nitrogens with two attached hydrogens (primary N) is 1. The van der Waals surface area contributed by atoms with E-state index in [9.17, 15) is 12.8 Å². The quantitative estimate of drug-likeness (QED) is 0.295. The maximum Gasteiger partial charge on any atom is 0.238 e. The Morgan fingerprint density at radius 1 is 1.50 bits per heavy atom. The van der Waals surface area contributed by atoms with Crippen LogP contribution in [0.5, 0.6) is 0 Å². The summed E-state index contributed by atoms with van der Waals surface area (Å²) in [5.74, 6) is 4.34. The van der Waals surface area contributed by atoms with Gasteiger partial charge in [0.2, 0.25) is 10.0 Å². The van der Waals surface area contributed by atoms with E-state index in [4.69, 9.17) is 10.7 Å². The third kappa shape index (κ3) is 4.07. The molecule has 2 N–H and O–H groups in total. The highest BCUT2D eigenvalue weighted by Crippen LogP contribution is 2.12. The fraction of sp³-hybridized carbons (Fsp3) is 0.200. The first-order chi connectivity index (χ1) is 8.45. The molecule has 0 aliphatic heterocycles. The van der Waals surface area contributed by atoms with E-state index in [1.165, 1.54) is 12.1 Å². The Morgan fingerprint density at radius 2 is 2.22 bits per heavy atom. The van der Waals surface area contributed by atoms with E-state index in [0.717, 1.165) is 6.07 Å². The molecule has 0 atom stereocenters. The normalized spacial score (nSPS) is 10.1. The van der Waals surface area contributed by atoms with Gasteiger partial charge in [0.25, 0.3) is 0 Å². The molecule has 0 saturated carbocycles. The molecule has 0 bridgehead atoms. The second-order valence-electron chi connectivity index (χ2n) is 3.19. The van der Waals surface area contributed by atoms with E-state index in [1.54, 1.807) is 0 Å². The van der Waals surface area contributed by atoms with Gasteiger partial charge in [-0.15, -0.1) is 0 Å². The fourth-order valence-electron chi connectivity index (χ4n) is 1.08. The molecule has 0 aromatic heterocycles. The molecule has 0 fully saturated rings. The number of hydrogen-bond acceptors (Lipinski definition) is 3. The average molecular weight is 268 g/mol. The fourth-order valence-corrected chi connectivity index (χ4v) is 1.61. The van der Waals surface area contributed by atoms with Gasteiger partial charge < -0.3 is 0 Å². The highest BCUT2D eigenvalue weighted by Gasteiger charge is 2.10. The van der Waals surface area contributed by atoms with Gasteiger partial charge in [-0.2, -0.15) is 0 Å². The summed E-state index contributed by atoms with van der Waals surface area (Å²) >= 11 is 0. The lowest BCUT2D eigenvalue weighted by Crippen LogP contribution is -2.12. The van der Waals surface area contributed by atoms with Crippen molar-refractivity contribution in [2.24, 2.45) is 10.3 Å². The van der Waals surface area contributed by atoms with E-state index >= 15 is 0 Å². The van der Waals surface area contributed by atoms with Crippen molar-refractivity contribution in [1.82, 2.24) is 0 Å². The molecule has 8 heteroatoms. The molecule has 1 aromatic carbocycles. The van der Waals surface area contributed by atoms with Crippen molar-refractivity contribution in [2.45, 2.75) is 11.3 Å². The van der Waals surface area contributed by atoms with Crippen LogP contribution in [0.4, 0.5) is 4.39 Å². The molecule has 0 saturated heterocycles. The number of nitrogens with zero attached hydrogens (tertiary/aromatic N) is 3. The van der Waals surface area contributed by atoms with Crippen LogP contribution in [0.2, 0.25) is 0 Å². The standard InChI is InChI=1S/C10H9FN4O2S/c11-10-7-9(18(13,16)17)5-4-8(10)3-1-2-6-14-15-12/h4-5,7H,2,6H2,(H2,13,16,17). The van der Waals surface area contributed by atoms with Crippen molar-refractivity contribution < 1.29 is 12.8 Å². The Labute approximate surface area is 103 Å². The molecular weight excluding hydrogens is 259 g/mol. The van der Waals surface area contributed by atoms with Gasteiger partial charge in [-0.1, -0.05) is 17.0 Å². The molecule has 1 aromatic rings. The second kappa shape index (κ2) is 6.02. The summed E-state index contributed by atoms with van der Waals surface area (Å²) in [5.41, 5.74) is 8.07. The first-order valence-electron chi connectivity index (χ1n) is 4.77. The lowest BCUT2D eigenvalue weighted by Gasteiger charge is -1.99. The number of primary sulfonamides is 1. The molecule has 0 radical (unpaired) electrons. The number of azide groups is 1. The SMILES string of the molecule is [N-]=[N+]=NCCC#Cc1ccc(S(N)(=O)=O)cc1F. The van der Waals surface area contributed by atoms with Gasteiger partial charge in [0.15, 0.2) is 0 Å². The summed E-state index contributed by atoms with van der Waals surface area (Å²) < 4.78 is 35.4. The number of hydrogen-bond donors (Lipinski definition) is 1. The number of sulfonamides is 1. The molecule has 0 spiro atoms. The van der Waals surface area contributed by atoms with E-state index in [0.29, 0.717) is 6.42 Å². The lowest BCUT2D eigenvalue weighted by atomic mass is 10.2. The Bertz CT molecular complexity index is 654. The molecule has 0 amide bonds. The molecule has 94 valence electrons. The maximum absolute atomic E-state index is 13.5. The Balaban J connectivity index is 2.90. The third-order valence-corrected chi connectivity index (χ3v) is 2.80. The summed E-state index contributed by atoms with van der Waals surface area (Å²) in [7, 11) is -3.92. The Hall–Kier alpha value is -2.07. The Kier molecular flexibility index (Phi) is 4.68. The van der Waals surface area contributed by atoms with E-state index < -0.39 is 15.8 Å². The smallest absolute Gasteiger partial charge is 0.225 e. The van der Waals surface area contributed by atoms with E-state index in [-0.39, 0.29) is 17.0 Å². The maximum atomic E-state index is 13.5. The zero-order chi connectivity index (χ0) is 13.6. The summed E-state index contributed by atoms with van der Waals surface area (Å²) in [5, 5.41) is 8.11. The number of halogens is 1. The van der Waals surface area contributed by atoms with Gasteiger partial charge in [0, 0.05) is 17.9 Å². The van der Waals surface area contributed by atoms with Crippen molar-refractivity contribution in [3.63, 3.8) is 0 Å². The van der Waals surface area contributed by atoms with Gasteiger partial charge in [-0.3, -0.25) is 0 Å². The van der Waals surface area contributed by atoms with Crippen molar-refractivity contribution in [3.8, 4) is 11.8 Å². The minimum absolute atomic E-state index is 0.0586. The lowest BCUT2D eigenvalue weighted by molar-refractivity contribution is 0.591. The van der Waals surface area contributed by atoms with Crippen LogP contribution < -0.4 is 5.14 Å². The first-order valence-corrected chi connectivity index (χ1v) is 6.32. The van der Waals surface area contributed by atoms with Crippen LogP contribution in [0, 0.1) is 17.7 Å². The Morgan fingerprint density at radius 3 is 2.78 bits per heavy atom. The summed E-state index contributed by atoms with van der Waals surface area (Å²) in [6.45, 7) is 0.195. The summed E-state index contributed by atoms with van der Waals surface area (Å²) in [6.07, 6.45) is 0.292. The van der Waals surface area contributed by atoms with E-state index in [2.05, 4.69) is 21.9 Å². The average Bonchev–Trinajstić information content (AvgIpc) is 2.29. The van der Waals surface area contributed by atoms with Gasteiger partial charge in [0.05, 0.1) is 10.5 Å². The second-order valence-corrected chi connectivity index (χ2v) is 4.75. The topological polar surface area (TPSA) is 109 Å². The van der Waals surface area contributed by atoms with Gasteiger partial charge in [0.1, 0.15) is 5.82 Å². The molecule has 1 rings (SSSR count). The van der Waals surface area contributed by atoms with Crippen LogP contribution in [0.15, 0.2) is 28.2 Å². The molecule has 0 aliphatic rings. The minimum Gasteiger partial charge on any atom is -0.225 e. The molecule has 18 heavy (non-hydrogen) atoms. The zero-order valence-electron chi connectivity index (χ0n) is 9.17. The van der Waals surface area contributed by atoms with Crippen molar-refractivity contribution >= 4 is 10.0 Å². The molecule has 0 unspecified atom stereocenters. The summed E-state index contributed by atoms with van der Waals surface area (Å²) in [6, 6.07) is 3.22. The highest BCUT2D eigenvalue weighted by molar-refractivity contribution is 7.89.